The Labute approximate surface area is 133 Å². The van der Waals surface area contributed by atoms with Crippen LogP contribution in [0.2, 0.25) is 0 Å². The predicted octanol–water partition coefficient (Wildman–Crippen LogP) is 4.81. The van der Waals surface area contributed by atoms with Gasteiger partial charge in [-0.25, -0.2) is 4.79 Å². The van der Waals surface area contributed by atoms with Crippen molar-refractivity contribution in [2.75, 3.05) is 0 Å². The highest BCUT2D eigenvalue weighted by molar-refractivity contribution is 5.89. The quantitative estimate of drug-likeness (QED) is 0.274. The first-order valence-electron chi connectivity index (χ1n) is 8.31. The summed E-state index contributed by atoms with van der Waals surface area (Å²) in [4.78, 5) is 21.7. The van der Waals surface area contributed by atoms with Crippen molar-refractivity contribution in [3.8, 4) is 0 Å². The number of carboxylic acids is 2. The maximum atomic E-state index is 11.0. The van der Waals surface area contributed by atoms with Gasteiger partial charge >= 0.3 is 11.9 Å². The van der Waals surface area contributed by atoms with Crippen LogP contribution in [0.4, 0.5) is 0 Å². The number of rotatable bonds is 14. The molecule has 0 aromatic rings. The molecule has 0 spiro atoms. The van der Waals surface area contributed by atoms with Crippen LogP contribution in [0.25, 0.3) is 0 Å². The summed E-state index contributed by atoms with van der Waals surface area (Å²) in [6.45, 7) is 5.50. The number of hydrogen-bond acceptors (Lipinski definition) is 2. The molecular weight excluding hydrogens is 280 g/mol. The minimum Gasteiger partial charge on any atom is -0.481 e. The average molecular weight is 310 g/mol. The zero-order chi connectivity index (χ0) is 16.8. The Bertz CT molecular complexity index is 371. The SMILES string of the molecule is C=C/C(=C/CCCCCCCCC(CCC)C(=O)O)C(=O)O. The summed E-state index contributed by atoms with van der Waals surface area (Å²) in [6.07, 6.45) is 12.7. The number of carboxylic acid groups (broad SMARTS) is 2. The lowest BCUT2D eigenvalue weighted by Gasteiger charge is -2.10. The van der Waals surface area contributed by atoms with Crippen molar-refractivity contribution in [1.29, 1.82) is 0 Å². The van der Waals surface area contributed by atoms with Gasteiger partial charge in [0.05, 0.1) is 11.5 Å². The number of unbranched alkanes of at least 4 members (excludes halogenated alkanes) is 6. The van der Waals surface area contributed by atoms with Crippen LogP contribution in [-0.4, -0.2) is 22.2 Å². The van der Waals surface area contributed by atoms with E-state index in [1.54, 1.807) is 6.08 Å². The summed E-state index contributed by atoms with van der Waals surface area (Å²) in [7, 11) is 0. The Morgan fingerprint density at radius 3 is 2.09 bits per heavy atom. The van der Waals surface area contributed by atoms with E-state index in [1.165, 1.54) is 6.08 Å². The molecule has 0 aromatic carbocycles. The highest BCUT2D eigenvalue weighted by Crippen LogP contribution is 2.17. The van der Waals surface area contributed by atoms with E-state index in [4.69, 9.17) is 10.2 Å². The molecule has 0 saturated carbocycles. The standard InChI is InChI=1S/C18H30O4/c1-3-12-16(18(21)22)14-11-9-7-5-6-8-10-13-15(4-2)17(19)20/h4,13,16H,2-3,5-12,14H2,1H3,(H,19,20)(H,21,22)/b15-13-. The van der Waals surface area contributed by atoms with Gasteiger partial charge in [0.15, 0.2) is 0 Å². The third-order valence-electron chi connectivity index (χ3n) is 3.82. The van der Waals surface area contributed by atoms with Gasteiger partial charge in [0.2, 0.25) is 0 Å². The van der Waals surface area contributed by atoms with Gasteiger partial charge in [0.1, 0.15) is 0 Å². The van der Waals surface area contributed by atoms with Crippen LogP contribution in [0, 0.1) is 5.92 Å². The molecule has 1 unspecified atom stereocenters. The Kier molecular flexibility index (Phi) is 12.2. The van der Waals surface area contributed by atoms with Crippen molar-refractivity contribution in [2.45, 2.75) is 71.1 Å². The van der Waals surface area contributed by atoms with Crippen molar-refractivity contribution < 1.29 is 19.8 Å². The molecule has 0 heterocycles. The van der Waals surface area contributed by atoms with Crippen LogP contribution in [-0.2, 0) is 9.59 Å². The number of aliphatic carboxylic acids is 2. The summed E-state index contributed by atoms with van der Waals surface area (Å²) in [5, 5.41) is 17.9. The lowest BCUT2D eigenvalue weighted by atomic mass is 9.96. The van der Waals surface area contributed by atoms with Crippen LogP contribution >= 0.6 is 0 Å². The third kappa shape index (κ3) is 10.2. The molecule has 0 saturated heterocycles. The molecule has 0 fully saturated rings. The van der Waals surface area contributed by atoms with E-state index in [9.17, 15) is 9.59 Å². The zero-order valence-corrected chi connectivity index (χ0v) is 13.7. The van der Waals surface area contributed by atoms with Crippen LogP contribution < -0.4 is 0 Å². The van der Waals surface area contributed by atoms with Crippen molar-refractivity contribution >= 4 is 11.9 Å². The maximum Gasteiger partial charge on any atom is 0.335 e. The molecule has 4 heteroatoms. The van der Waals surface area contributed by atoms with Crippen molar-refractivity contribution in [2.24, 2.45) is 5.92 Å². The second-order valence-electron chi connectivity index (χ2n) is 5.69. The van der Waals surface area contributed by atoms with Crippen LogP contribution in [0.1, 0.15) is 71.1 Å². The van der Waals surface area contributed by atoms with Gasteiger partial charge in [-0.15, -0.1) is 0 Å². The third-order valence-corrected chi connectivity index (χ3v) is 3.82. The summed E-state index contributed by atoms with van der Waals surface area (Å²) in [5.74, 6) is -1.76. The highest BCUT2D eigenvalue weighted by Gasteiger charge is 2.15. The number of allylic oxidation sites excluding steroid dienone is 1. The first kappa shape index (κ1) is 20.4. The van der Waals surface area contributed by atoms with Gasteiger partial charge in [-0.3, -0.25) is 4.79 Å². The molecule has 22 heavy (non-hydrogen) atoms. The molecule has 0 aliphatic rings. The first-order chi connectivity index (χ1) is 10.5. The van der Waals surface area contributed by atoms with Gasteiger partial charge in [-0.2, -0.15) is 0 Å². The molecule has 1 atom stereocenters. The van der Waals surface area contributed by atoms with E-state index < -0.39 is 11.9 Å². The summed E-state index contributed by atoms with van der Waals surface area (Å²) >= 11 is 0. The topological polar surface area (TPSA) is 74.6 Å². The van der Waals surface area contributed by atoms with Crippen LogP contribution in [0.3, 0.4) is 0 Å². The van der Waals surface area contributed by atoms with Crippen molar-refractivity contribution in [3.63, 3.8) is 0 Å². The fraction of sp³-hybridized carbons (Fsp3) is 0.667. The smallest absolute Gasteiger partial charge is 0.335 e. The Morgan fingerprint density at radius 2 is 1.59 bits per heavy atom. The van der Waals surface area contributed by atoms with E-state index >= 15 is 0 Å². The van der Waals surface area contributed by atoms with E-state index in [0.717, 1.165) is 64.2 Å². The first-order valence-corrected chi connectivity index (χ1v) is 8.31. The monoisotopic (exact) mass is 310 g/mol. The molecule has 0 aromatic heterocycles. The van der Waals surface area contributed by atoms with Gasteiger partial charge in [0.25, 0.3) is 0 Å². The molecule has 0 aliphatic heterocycles. The Morgan fingerprint density at radius 1 is 1.00 bits per heavy atom. The molecule has 0 radical (unpaired) electrons. The fourth-order valence-corrected chi connectivity index (χ4v) is 2.50. The summed E-state index contributed by atoms with van der Waals surface area (Å²) < 4.78 is 0. The maximum absolute atomic E-state index is 11.0. The molecule has 0 bridgehead atoms. The van der Waals surface area contributed by atoms with Crippen LogP contribution in [0.15, 0.2) is 24.3 Å². The van der Waals surface area contributed by atoms with Gasteiger partial charge < -0.3 is 10.2 Å². The lowest BCUT2D eigenvalue weighted by Crippen LogP contribution is -2.13. The van der Waals surface area contributed by atoms with E-state index in [2.05, 4.69) is 6.58 Å². The molecule has 0 rings (SSSR count). The summed E-state index contributed by atoms with van der Waals surface area (Å²) in [6, 6.07) is 0. The number of hydrogen-bond donors (Lipinski definition) is 2. The molecule has 0 aliphatic carbocycles. The van der Waals surface area contributed by atoms with Gasteiger partial charge in [-0.1, -0.05) is 64.2 Å². The van der Waals surface area contributed by atoms with Crippen LogP contribution in [0.5, 0.6) is 0 Å². The van der Waals surface area contributed by atoms with Gasteiger partial charge in [-0.05, 0) is 25.7 Å². The van der Waals surface area contributed by atoms with E-state index in [-0.39, 0.29) is 11.5 Å². The summed E-state index contributed by atoms with van der Waals surface area (Å²) in [5.41, 5.74) is 0.274. The van der Waals surface area contributed by atoms with Crippen molar-refractivity contribution in [3.05, 3.63) is 24.3 Å². The Balaban J connectivity index is 3.60. The number of carbonyl (C=O) groups is 2. The molecule has 4 nitrogen and oxygen atoms in total. The molecule has 0 amide bonds. The fourth-order valence-electron chi connectivity index (χ4n) is 2.50. The second-order valence-corrected chi connectivity index (χ2v) is 5.69. The highest BCUT2D eigenvalue weighted by atomic mass is 16.4. The van der Waals surface area contributed by atoms with E-state index in [1.807, 2.05) is 6.92 Å². The molecular formula is C18H30O4. The molecule has 126 valence electrons. The minimum absolute atomic E-state index is 0.177. The minimum atomic E-state index is -0.921. The lowest BCUT2D eigenvalue weighted by molar-refractivity contribution is -0.142. The molecule has 2 N–H and O–H groups in total. The Hall–Kier alpha value is -1.58. The predicted molar refractivity (Wildman–Crippen MR) is 88.9 cm³/mol. The average Bonchev–Trinajstić information content (AvgIpc) is 2.47. The van der Waals surface area contributed by atoms with Crippen molar-refractivity contribution in [1.82, 2.24) is 0 Å². The normalized spacial score (nSPS) is 12.9. The largest absolute Gasteiger partial charge is 0.481 e. The second kappa shape index (κ2) is 13.1. The zero-order valence-electron chi connectivity index (χ0n) is 13.7. The van der Waals surface area contributed by atoms with E-state index in [0.29, 0.717) is 0 Å². The van der Waals surface area contributed by atoms with Gasteiger partial charge in [0, 0.05) is 0 Å².